The average Bonchev–Trinajstić information content (AvgIpc) is 3.13. The topological polar surface area (TPSA) is 78.5 Å². The van der Waals surface area contributed by atoms with Crippen molar-refractivity contribution in [2.24, 2.45) is 5.92 Å². The maximum absolute atomic E-state index is 4.58. The largest absolute Gasteiger partial charge is 0.367 e. The van der Waals surface area contributed by atoms with Crippen LogP contribution in [-0.2, 0) is 0 Å². The standard InChI is InChI=1S/C14H22N6/c1-3-10(7-9-5-6-9)17-12-11-8-16-20-13(11)19-14(18-12)15-4-2/h8-10H,3-7H2,1-2H3,(H3,15,16,17,18,19,20). The first-order valence-electron chi connectivity index (χ1n) is 7.51. The van der Waals surface area contributed by atoms with Gasteiger partial charge in [-0.1, -0.05) is 19.8 Å². The van der Waals surface area contributed by atoms with Gasteiger partial charge in [0.1, 0.15) is 5.82 Å². The third kappa shape index (κ3) is 2.84. The summed E-state index contributed by atoms with van der Waals surface area (Å²) in [6.45, 7) is 5.06. The minimum absolute atomic E-state index is 0.477. The number of H-pyrrole nitrogens is 1. The fraction of sp³-hybridized carbons (Fsp3) is 0.643. The molecule has 1 atom stereocenters. The van der Waals surface area contributed by atoms with E-state index in [0.717, 1.165) is 35.7 Å². The molecule has 1 aliphatic carbocycles. The van der Waals surface area contributed by atoms with Crippen LogP contribution in [0.1, 0.15) is 39.5 Å². The zero-order valence-corrected chi connectivity index (χ0v) is 12.1. The van der Waals surface area contributed by atoms with Gasteiger partial charge in [-0.15, -0.1) is 0 Å². The monoisotopic (exact) mass is 274 g/mol. The number of nitrogens with one attached hydrogen (secondary N) is 3. The van der Waals surface area contributed by atoms with Gasteiger partial charge in [-0.25, -0.2) is 0 Å². The molecular weight excluding hydrogens is 252 g/mol. The van der Waals surface area contributed by atoms with Crippen LogP contribution in [0.3, 0.4) is 0 Å². The quantitative estimate of drug-likeness (QED) is 0.723. The van der Waals surface area contributed by atoms with E-state index in [9.17, 15) is 0 Å². The Balaban J connectivity index is 1.85. The van der Waals surface area contributed by atoms with Gasteiger partial charge in [0.05, 0.1) is 11.6 Å². The molecule has 6 nitrogen and oxygen atoms in total. The van der Waals surface area contributed by atoms with E-state index in [-0.39, 0.29) is 0 Å². The van der Waals surface area contributed by atoms with E-state index in [4.69, 9.17) is 0 Å². The molecule has 3 rings (SSSR count). The van der Waals surface area contributed by atoms with Gasteiger partial charge in [-0.2, -0.15) is 15.1 Å². The molecule has 0 amide bonds. The summed E-state index contributed by atoms with van der Waals surface area (Å²) in [6, 6.07) is 0.477. The van der Waals surface area contributed by atoms with Crippen LogP contribution >= 0.6 is 0 Å². The summed E-state index contributed by atoms with van der Waals surface area (Å²) in [5, 5.41) is 14.7. The molecule has 2 aromatic rings. The molecule has 2 heterocycles. The summed E-state index contributed by atoms with van der Waals surface area (Å²) in [5.74, 6) is 2.43. The lowest BCUT2D eigenvalue weighted by Gasteiger charge is -2.18. The number of anilines is 2. The van der Waals surface area contributed by atoms with Crippen molar-refractivity contribution in [3.63, 3.8) is 0 Å². The zero-order chi connectivity index (χ0) is 13.9. The summed E-state index contributed by atoms with van der Waals surface area (Å²) in [4.78, 5) is 9.00. The number of rotatable bonds is 7. The molecular formula is C14H22N6. The van der Waals surface area contributed by atoms with Crippen molar-refractivity contribution in [3.05, 3.63) is 6.20 Å². The van der Waals surface area contributed by atoms with Gasteiger partial charge in [0.15, 0.2) is 5.65 Å². The first kappa shape index (κ1) is 13.1. The molecule has 3 N–H and O–H groups in total. The predicted molar refractivity (Wildman–Crippen MR) is 80.9 cm³/mol. The van der Waals surface area contributed by atoms with Crippen LogP contribution in [0, 0.1) is 5.92 Å². The molecule has 2 aromatic heterocycles. The highest BCUT2D eigenvalue weighted by Gasteiger charge is 2.25. The Bertz CT molecular complexity index is 574. The van der Waals surface area contributed by atoms with Gasteiger partial charge in [0, 0.05) is 12.6 Å². The SMILES string of the molecule is CCNc1nc(NC(CC)CC2CC2)c2cn[nH]c2n1. The Morgan fingerprint density at radius 3 is 2.90 bits per heavy atom. The second-order valence-corrected chi connectivity index (χ2v) is 5.49. The first-order valence-corrected chi connectivity index (χ1v) is 7.51. The van der Waals surface area contributed by atoms with Crippen molar-refractivity contribution in [1.29, 1.82) is 0 Å². The molecule has 1 unspecified atom stereocenters. The molecule has 1 fully saturated rings. The number of hydrogen-bond donors (Lipinski definition) is 3. The van der Waals surface area contributed by atoms with E-state index in [1.165, 1.54) is 19.3 Å². The maximum atomic E-state index is 4.58. The lowest BCUT2D eigenvalue weighted by molar-refractivity contribution is 0.585. The van der Waals surface area contributed by atoms with Crippen LogP contribution < -0.4 is 10.6 Å². The summed E-state index contributed by atoms with van der Waals surface area (Å²) >= 11 is 0. The van der Waals surface area contributed by atoms with E-state index in [1.807, 2.05) is 6.92 Å². The number of nitrogens with zero attached hydrogens (tertiary/aromatic N) is 3. The predicted octanol–water partition coefficient (Wildman–Crippen LogP) is 2.78. The molecule has 0 saturated heterocycles. The molecule has 0 bridgehead atoms. The number of aromatic amines is 1. The van der Waals surface area contributed by atoms with E-state index < -0.39 is 0 Å². The van der Waals surface area contributed by atoms with Gasteiger partial charge >= 0.3 is 0 Å². The Kier molecular flexibility index (Phi) is 3.71. The number of fused-ring (bicyclic) bond motifs is 1. The van der Waals surface area contributed by atoms with Gasteiger partial charge in [0.2, 0.25) is 5.95 Å². The third-order valence-electron chi connectivity index (χ3n) is 3.79. The van der Waals surface area contributed by atoms with Gasteiger partial charge in [-0.3, -0.25) is 5.10 Å². The lowest BCUT2D eigenvalue weighted by Crippen LogP contribution is -2.20. The summed E-state index contributed by atoms with van der Waals surface area (Å²) in [6.07, 6.45) is 6.89. The molecule has 1 saturated carbocycles. The Morgan fingerprint density at radius 2 is 2.20 bits per heavy atom. The summed E-state index contributed by atoms with van der Waals surface area (Å²) < 4.78 is 0. The Labute approximate surface area is 118 Å². The van der Waals surface area contributed by atoms with Gasteiger partial charge in [0.25, 0.3) is 0 Å². The van der Waals surface area contributed by atoms with Crippen molar-refractivity contribution in [3.8, 4) is 0 Å². The molecule has 6 heteroatoms. The highest BCUT2D eigenvalue weighted by Crippen LogP contribution is 2.35. The highest BCUT2D eigenvalue weighted by atomic mass is 15.2. The average molecular weight is 274 g/mol. The number of hydrogen-bond acceptors (Lipinski definition) is 5. The van der Waals surface area contributed by atoms with Crippen LogP contribution in [0.15, 0.2) is 6.20 Å². The van der Waals surface area contributed by atoms with E-state index in [0.29, 0.717) is 12.0 Å². The molecule has 0 spiro atoms. The van der Waals surface area contributed by atoms with Gasteiger partial charge in [-0.05, 0) is 25.7 Å². The second-order valence-electron chi connectivity index (χ2n) is 5.49. The van der Waals surface area contributed by atoms with Crippen molar-refractivity contribution in [1.82, 2.24) is 20.2 Å². The lowest BCUT2D eigenvalue weighted by atomic mass is 10.1. The van der Waals surface area contributed by atoms with E-state index in [2.05, 4.69) is 37.7 Å². The van der Waals surface area contributed by atoms with E-state index in [1.54, 1.807) is 6.20 Å². The van der Waals surface area contributed by atoms with Crippen LogP contribution in [0.2, 0.25) is 0 Å². The molecule has 0 radical (unpaired) electrons. The highest BCUT2D eigenvalue weighted by molar-refractivity contribution is 5.87. The summed E-state index contributed by atoms with van der Waals surface area (Å²) in [7, 11) is 0. The third-order valence-corrected chi connectivity index (χ3v) is 3.79. The fourth-order valence-electron chi connectivity index (χ4n) is 2.46. The van der Waals surface area contributed by atoms with Crippen molar-refractivity contribution in [2.45, 2.75) is 45.6 Å². The molecule has 0 aromatic carbocycles. The second kappa shape index (κ2) is 5.64. The Morgan fingerprint density at radius 1 is 1.35 bits per heavy atom. The smallest absolute Gasteiger partial charge is 0.226 e. The maximum Gasteiger partial charge on any atom is 0.226 e. The first-order chi connectivity index (χ1) is 9.80. The normalized spacial score (nSPS) is 16.3. The Hall–Kier alpha value is -1.85. The van der Waals surface area contributed by atoms with Crippen LogP contribution in [-0.4, -0.2) is 32.8 Å². The minimum atomic E-state index is 0.477. The van der Waals surface area contributed by atoms with Crippen molar-refractivity contribution in [2.75, 3.05) is 17.2 Å². The minimum Gasteiger partial charge on any atom is -0.367 e. The van der Waals surface area contributed by atoms with Crippen molar-refractivity contribution < 1.29 is 0 Å². The summed E-state index contributed by atoms with van der Waals surface area (Å²) in [5.41, 5.74) is 0.778. The van der Waals surface area contributed by atoms with Gasteiger partial charge < -0.3 is 10.6 Å². The van der Waals surface area contributed by atoms with Crippen LogP contribution in [0.25, 0.3) is 11.0 Å². The molecule has 108 valence electrons. The van der Waals surface area contributed by atoms with Crippen LogP contribution in [0.5, 0.6) is 0 Å². The molecule has 20 heavy (non-hydrogen) atoms. The zero-order valence-electron chi connectivity index (χ0n) is 12.1. The van der Waals surface area contributed by atoms with Crippen LogP contribution in [0.4, 0.5) is 11.8 Å². The number of aromatic nitrogens is 4. The fourth-order valence-corrected chi connectivity index (χ4v) is 2.46. The van der Waals surface area contributed by atoms with E-state index >= 15 is 0 Å². The molecule has 0 aliphatic heterocycles. The van der Waals surface area contributed by atoms with Crippen molar-refractivity contribution >= 4 is 22.8 Å². The molecule has 1 aliphatic rings.